The standard InChI is InChI=1S/C35H37BrClN3O5S/c1-25(2)22-38-35(42)32(20-26-10-6-4-7-11-26)39(23-27-14-16-28(36)17-15-27)34(41)24-40(31-21-29(37)18-19-33(31)45-3)46(43,44)30-12-8-5-9-13-30/h4-19,21,25,32H,20,22-24H2,1-3H3,(H,38,42)/t32-/m0/s1. The summed E-state index contributed by atoms with van der Waals surface area (Å²) in [4.78, 5) is 29.9. The Labute approximate surface area is 284 Å². The van der Waals surface area contributed by atoms with E-state index in [2.05, 4.69) is 21.2 Å². The van der Waals surface area contributed by atoms with Crippen molar-refractivity contribution in [2.24, 2.45) is 5.92 Å². The van der Waals surface area contributed by atoms with E-state index < -0.39 is 28.5 Å². The lowest BCUT2D eigenvalue weighted by atomic mass is 10.0. The van der Waals surface area contributed by atoms with Crippen molar-refractivity contribution >= 4 is 55.1 Å². The molecule has 4 aromatic rings. The van der Waals surface area contributed by atoms with Gasteiger partial charge in [-0.05, 0) is 59.5 Å². The summed E-state index contributed by atoms with van der Waals surface area (Å²) in [5.74, 6) is -0.517. The largest absolute Gasteiger partial charge is 0.495 e. The topological polar surface area (TPSA) is 96.0 Å². The Bertz CT molecular complexity index is 1720. The molecule has 0 bridgehead atoms. The molecule has 4 aromatic carbocycles. The molecule has 1 atom stereocenters. The third-order valence-corrected chi connectivity index (χ3v) is 9.78. The summed E-state index contributed by atoms with van der Waals surface area (Å²) in [6.07, 6.45) is 0.221. The molecule has 242 valence electrons. The van der Waals surface area contributed by atoms with Crippen LogP contribution in [0.4, 0.5) is 5.69 Å². The first-order chi connectivity index (χ1) is 22.0. The number of sulfonamides is 1. The number of benzene rings is 4. The number of hydrogen-bond donors (Lipinski definition) is 1. The molecule has 1 N–H and O–H groups in total. The van der Waals surface area contributed by atoms with Gasteiger partial charge >= 0.3 is 0 Å². The maximum absolute atomic E-state index is 14.6. The number of rotatable bonds is 14. The molecule has 11 heteroatoms. The molecule has 0 aromatic heterocycles. The van der Waals surface area contributed by atoms with Gasteiger partial charge in [0.1, 0.15) is 18.3 Å². The van der Waals surface area contributed by atoms with Crippen LogP contribution in [0.15, 0.2) is 112 Å². The van der Waals surface area contributed by atoms with Gasteiger partial charge in [-0.3, -0.25) is 13.9 Å². The Morgan fingerprint density at radius 2 is 1.52 bits per heavy atom. The van der Waals surface area contributed by atoms with Crippen LogP contribution in [-0.4, -0.2) is 51.4 Å². The number of amides is 2. The highest BCUT2D eigenvalue weighted by atomic mass is 79.9. The van der Waals surface area contributed by atoms with Gasteiger partial charge in [-0.1, -0.05) is 102 Å². The lowest BCUT2D eigenvalue weighted by Crippen LogP contribution is -2.53. The highest BCUT2D eigenvalue weighted by molar-refractivity contribution is 9.10. The van der Waals surface area contributed by atoms with E-state index in [1.165, 1.54) is 30.2 Å². The molecular weight excluding hydrogens is 690 g/mol. The summed E-state index contributed by atoms with van der Waals surface area (Å²) in [5, 5.41) is 3.25. The Hall–Kier alpha value is -3.86. The molecule has 0 aliphatic heterocycles. The number of ether oxygens (including phenoxy) is 1. The van der Waals surface area contributed by atoms with Crippen molar-refractivity contribution in [2.45, 2.75) is 37.8 Å². The molecule has 8 nitrogen and oxygen atoms in total. The third-order valence-electron chi connectivity index (χ3n) is 7.24. The molecule has 46 heavy (non-hydrogen) atoms. The molecule has 0 saturated carbocycles. The summed E-state index contributed by atoms with van der Waals surface area (Å²) >= 11 is 9.80. The van der Waals surface area contributed by atoms with Gasteiger partial charge in [0.15, 0.2) is 0 Å². The predicted molar refractivity (Wildman–Crippen MR) is 185 cm³/mol. The van der Waals surface area contributed by atoms with Crippen molar-refractivity contribution in [1.29, 1.82) is 0 Å². The highest BCUT2D eigenvalue weighted by Gasteiger charge is 2.35. The zero-order valence-electron chi connectivity index (χ0n) is 25.9. The van der Waals surface area contributed by atoms with E-state index in [0.29, 0.717) is 6.54 Å². The van der Waals surface area contributed by atoms with Crippen LogP contribution in [-0.2, 0) is 32.6 Å². The van der Waals surface area contributed by atoms with E-state index in [9.17, 15) is 18.0 Å². The second-order valence-electron chi connectivity index (χ2n) is 11.1. The summed E-state index contributed by atoms with van der Waals surface area (Å²) < 4.78 is 35.8. The number of halogens is 2. The lowest BCUT2D eigenvalue weighted by molar-refractivity contribution is -0.140. The molecule has 4 rings (SSSR count). The van der Waals surface area contributed by atoms with E-state index in [1.54, 1.807) is 30.3 Å². The minimum atomic E-state index is -4.30. The average molecular weight is 727 g/mol. The third kappa shape index (κ3) is 9.11. The maximum atomic E-state index is 14.6. The Morgan fingerprint density at radius 3 is 2.13 bits per heavy atom. The van der Waals surface area contributed by atoms with E-state index in [0.717, 1.165) is 19.9 Å². The van der Waals surface area contributed by atoms with Gasteiger partial charge in [-0.15, -0.1) is 0 Å². The van der Waals surface area contributed by atoms with E-state index in [1.807, 2.05) is 68.4 Å². The van der Waals surface area contributed by atoms with Crippen molar-refractivity contribution < 1.29 is 22.7 Å². The Kier molecular flexibility index (Phi) is 12.3. The zero-order valence-corrected chi connectivity index (χ0v) is 29.1. The molecule has 0 aliphatic rings. The van der Waals surface area contributed by atoms with E-state index >= 15 is 0 Å². The SMILES string of the molecule is COc1ccc(Cl)cc1N(CC(=O)N(Cc1ccc(Br)cc1)[C@@H](Cc1ccccc1)C(=O)NCC(C)C)S(=O)(=O)c1ccccc1. The first-order valence-corrected chi connectivity index (χ1v) is 17.4. The van der Waals surface area contributed by atoms with Crippen LogP contribution in [0.2, 0.25) is 5.02 Å². The fraction of sp³-hybridized carbons (Fsp3) is 0.257. The van der Waals surface area contributed by atoms with Crippen LogP contribution in [0.5, 0.6) is 5.75 Å². The molecule has 0 heterocycles. The first-order valence-electron chi connectivity index (χ1n) is 14.8. The highest BCUT2D eigenvalue weighted by Crippen LogP contribution is 2.35. The van der Waals surface area contributed by atoms with Crippen LogP contribution < -0.4 is 14.4 Å². The molecular formula is C35H37BrClN3O5S. The number of carbonyl (C=O) groups excluding carboxylic acids is 2. The van der Waals surface area contributed by atoms with Crippen LogP contribution in [0, 0.1) is 5.92 Å². The number of carbonyl (C=O) groups is 2. The minimum absolute atomic E-state index is 0.0141. The molecule has 0 radical (unpaired) electrons. The minimum Gasteiger partial charge on any atom is -0.495 e. The average Bonchev–Trinajstić information content (AvgIpc) is 3.05. The summed E-state index contributed by atoms with van der Waals surface area (Å²) in [7, 11) is -2.88. The van der Waals surface area contributed by atoms with Crippen LogP contribution in [0.1, 0.15) is 25.0 Å². The van der Waals surface area contributed by atoms with Gasteiger partial charge in [0.25, 0.3) is 10.0 Å². The summed E-state index contributed by atoms with van der Waals surface area (Å²) in [6.45, 7) is 3.83. The van der Waals surface area contributed by atoms with Crippen LogP contribution in [0.3, 0.4) is 0 Å². The van der Waals surface area contributed by atoms with Gasteiger partial charge in [0.2, 0.25) is 11.8 Å². The molecule has 0 unspecified atom stereocenters. The fourth-order valence-corrected chi connectivity index (χ4v) is 6.72. The summed E-state index contributed by atoms with van der Waals surface area (Å²) in [5.41, 5.74) is 1.72. The van der Waals surface area contributed by atoms with Crippen molar-refractivity contribution in [3.8, 4) is 5.75 Å². The number of hydrogen-bond acceptors (Lipinski definition) is 5. The van der Waals surface area contributed by atoms with Crippen molar-refractivity contribution in [2.75, 3.05) is 24.5 Å². The Morgan fingerprint density at radius 1 is 0.891 bits per heavy atom. The van der Waals surface area contributed by atoms with Gasteiger partial charge in [-0.2, -0.15) is 0 Å². The fourth-order valence-electron chi connectivity index (χ4n) is 4.85. The number of nitrogens with one attached hydrogen (secondary N) is 1. The number of nitrogens with zero attached hydrogens (tertiary/aromatic N) is 2. The Balaban J connectivity index is 1.83. The normalized spacial score (nSPS) is 12.0. The van der Waals surface area contributed by atoms with Crippen LogP contribution in [0.25, 0.3) is 0 Å². The predicted octanol–water partition coefficient (Wildman–Crippen LogP) is 6.72. The van der Waals surface area contributed by atoms with E-state index in [4.69, 9.17) is 16.3 Å². The van der Waals surface area contributed by atoms with Gasteiger partial charge in [0, 0.05) is 29.0 Å². The lowest BCUT2D eigenvalue weighted by Gasteiger charge is -2.34. The molecule has 0 aliphatic carbocycles. The zero-order chi connectivity index (χ0) is 33.3. The number of anilines is 1. The van der Waals surface area contributed by atoms with E-state index in [-0.39, 0.29) is 46.1 Å². The van der Waals surface area contributed by atoms with Crippen molar-refractivity contribution in [3.05, 3.63) is 124 Å². The molecule has 0 spiro atoms. The quantitative estimate of drug-likeness (QED) is 0.156. The smallest absolute Gasteiger partial charge is 0.264 e. The summed E-state index contributed by atoms with van der Waals surface area (Å²) in [6, 6.07) is 28.3. The number of methoxy groups -OCH3 is 1. The maximum Gasteiger partial charge on any atom is 0.264 e. The van der Waals surface area contributed by atoms with Crippen molar-refractivity contribution in [1.82, 2.24) is 10.2 Å². The van der Waals surface area contributed by atoms with Crippen molar-refractivity contribution in [3.63, 3.8) is 0 Å². The molecule has 0 fully saturated rings. The second kappa shape index (κ2) is 16.1. The molecule has 0 saturated heterocycles. The molecule has 2 amide bonds. The monoisotopic (exact) mass is 725 g/mol. The van der Waals surface area contributed by atoms with Gasteiger partial charge in [0.05, 0.1) is 17.7 Å². The first kappa shape index (κ1) is 35.0. The van der Waals surface area contributed by atoms with Crippen LogP contribution >= 0.6 is 27.5 Å². The van der Waals surface area contributed by atoms with Gasteiger partial charge < -0.3 is 15.0 Å². The van der Waals surface area contributed by atoms with Gasteiger partial charge in [-0.25, -0.2) is 8.42 Å². The second-order valence-corrected chi connectivity index (χ2v) is 14.3.